The maximum absolute atomic E-state index is 10.8. The van der Waals surface area contributed by atoms with Gasteiger partial charge >= 0.3 is 5.13 Å². The van der Waals surface area contributed by atoms with Gasteiger partial charge in [0.2, 0.25) is 0 Å². The van der Waals surface area contributed by atoms with Crippen LogP contribution in [0.2, 0.25) is 0 Å². The van der Waals surface area contributed by atoms with Gasteiger partial charge in [-0.2, -0.15) is 8.42 Å². The number of nitrogens with zero attached hydrogens (tertiary/aromatic N) is 4. The molecule has 1 aromatic carbocycles. The van der Waals surface area contributed by atoms with E-state index in [2.05, 4.69) is 26.2 Å². The Balaban J connectivity index is 2.08. The lowest BCUT2D eigenvalue weighted by Crippen LogP contribution is -2.32. The van der Waals surface area contributed by atoms with Gasteiger partial charge in [-0.25, -0.2) is 4.57 Å². The molecular weight excluding hydrogens is 416 g/mol. The first-order valence-corrected chi connectivity index (χ1v) is 10.3. The Kier molecular flexibility index (Phi) is 6.44. The zero-order valence-electron chi connectivity index (χ0n) is 13.3. The van der Waals surface area contributed by atoms with Crippen LogP contribution in [0.4, 0.5) is 16.5 Å². The van der Waals surface area contributed by atoms with Gasteiger partial charge in [-0.15, -0.1) is 0 Å². The Morgan fingerprint density at radius 3 is 2.50 bits per heavy atom. The van der Waals surface area contributed by atoms with Crippen molar-refractivity contribution in [3.8, 4) is 0 Å². The third-order valence-electron chi connectivity index (χ3n) is 3.11. The first-order chi connectivity index (χ1) is 11.2. The highest BCUT2D eigenvalue weighted by Gasteiger charge is 2.16. The Hall–Kier alpha value is -1.36. The number of aryl methyl sites for hydroxylation is 1. The standard InChI is InChI=1S/C14H17BrN4O3S2/c1-18(2)12-6-4-11(5-7-12)16-17-14-19(10-13(15)23-14)8-3-9-24(20,21)22/h4-7,10H,3,8-9H2,1-2H3/p+1. The molecule has 0 atom stereocenters. The van der Waals surface area contributed by atoms with Crippen molar-refractivity contribution in [2.24, 2.45) is 10.2 Å². The summed E-state index contributed by atoms with van der Waals surface area (Å²) in [6, 6.07) is 7.67. The van der Waals surface area contributed by atoms with Crippen LogP contribution < -0.4 is 9.47 Å². The normalized spacial score (nSPS) is 12.0. The van der Waals surface area contributed by atoms with E-state index in [4.69, 9.17) is 4.55 Å². The third kappa shape index (κ3) is 5.93. The Morgan fingerprint density at radius 1 is 1.25 bits per heavy atom. The molecule has 2 rings (SSSR count). The van der Waals surface area contributed by atoms with Crippen LogP contribution in [0.25, 0.3) is 0 Å². The molecule has 0 amide bonds. The molecule has 24 heavy (non-hydrogen) atoms. The predicted molar refractivity (Wildman–Crippen MR) is 98.2 cm³/mol. The molecule has 0 aliphatic carbocycles. The fraction of sp³-hybridized carbons (Fsp3) is 0.357. The molecule has 7 nitrogen and oxygen atoms in total. The fourth-order valence-corrected chi connectivity index (χ4v) is 3.80. The lowest BCUT2D eigenvalue weighted by Gasteiger charge is -2.11. The zero-order chi connectivity index (χ0) is 17.7. The summed E-state index contributed by atoms with van der Waals surface area (Å²) in [6.07, 6.45) is 2.12. The highest BCUT2D eigenvalue weighted by Crippen LogP contribution is 2.27. The number of aromatic nitrogens is 1. The summed E-state index contributed by atoms with van der Waals surface area (Å²) in [4.78, 5) is 2.00. The van der Waals surface area contributed by atoms with Crippen LogP contribution in [0.1, 0.15) is 6.42 Å². The van der Waals surface area contributed by atoms with Crippen LogP contribution in [-0.2, 0) is 16.7 Å². The van der Waals surface area contributed by atoms with Crippen LogP contribution in [0, 0.1) is 0 Å². The van der Waals surface area contributed by atoms with E-state index < -0.39 is 10.1 Å². The highest BCUT2D eigenvalue weighted by molar-refractivity contribution is 9.11. The molecule has 0 spiro atoms. The number of anilines is 1. The summed E-state index contributed by atoms with van der Waals surface area (Å²) < 4.78 is 33.0. The van der Waals surface area contributed by atoms with Crippen molar-refractivity contribution >= 4 is 53.9 Å². The second-order valence-electron chi connectivity index (χ2n) is 5.26. The molecule has 130 valence electrons. The van der Waals surface area contributed by atoms with Gasteiger partial charge in [0.05, 0.1) is 17.4 Å². The SMILES string of the molecule is CN(C)c1ccc(N=Nc2sc(Br)c[n+]2CCCS(=O)(=O)O)cc1. The smallest absolute Gasteiger partial charge is 0.378 e. The molecule has 10 heteroatoms. The second-order valence-corrected chi connectivity index (χ2v) is 9.22. The molecule has 0 bridgehead atoms. The average Bonchev–Trinajstić information content (AvgIpc) is 2.84. The summed E-state index contributed by atoms with van der Waals surface area (Å²) in [5, 5.41) is 9.10. The maximum atomic E-state index is 10.8. The van der Waals surface area contributed by atoms with Crippen molar-refractivity contribution in [3.63, 3.8) is 0 Å². The van der Waals surface area contributed by atoms with Gasteiger partial charge in [-0.3, -0.25) is 4.55 Å². The topological polar surface area (TPSA) is 86.2 Å². The minimum absolute atomic E-state index is 0.282. The van der Waals surface area contributed by atoms with Crippen molar-refractivity contribution in [2.45, 2.75) is 13.0 Å². The van der Waals surface area contributed by atoms with Gasteiger partial charge in [-0.1, -0.05) is 0 Å². The van der Waals surface area contributed by atoms with E-state index >= 15 is 0 Å². The van der Waals surface area contributed by atoms with Gasteiger partial charge < -0.3 is 4.90 Å². The van der Waals surface area contributed by atoms with Crippen LogP contribution in [-0.4, -0.2) is 32.8 Å². The number of benzene rings is 1. The number of hydrogen-bond acceptors (Lipinski definition) is 6. The molecule has 1 N–H and O–H groups in total. The van der Waals surface area contributed by atoms with Crippen LogP contribution >= 0.6 is 27.3 Å². The van der Waals surface area contributed by atoms with Crippen LogP contribution in [0.3, 0.4) is 0 Å². The summed E-state index contributed by atoms with van der Waals surface area (Å²) in [5.41, 5.74) is 1.81. The number of thiazole rings is 1. The molecule has 2 aromatic rings. The monoisotopic (exact) mass is 433 g/mol. The summed E-state index contributed by atoms with van der Waals surface area (Å²) in [6.45, 7) is 0.426. The summed E-state index contributed by atoms with van der Waals surface area (Å²) >= 11 is 4.79. The van der Waals surface area contributed by atoms with Gasteiger partial charge in [0.15, 0.2) is 0 Å². The van der Waals surface area contributed by atoms with Gasteiger partial charge in [0.25, 0.3) is 10.1 Å². The van der Waals surface area contributed by atoms with Crippen molar-refractivity contribution in [1.29, 1.82) is 0 Å². The molecular formula is C14H18BrN4O3S2+. The van der Waals surface area contributed by atoms with E-state index in [1.54, 1.807) is 4.57 Å². The van der Waals surface area contributed by atoms with E-state index in [0.717, 1.165) is 15.2 Å². The van der Waals surface area contributed by atoms with E-state index in [1.807, 2.05) is 49.5 Å². The Labute approximate surface area is 153 Å². The minimum atomic E-state index is -3.95. The fourth-order valence-electron chi connectivity index (χ4n) is 1.92. The quantitative estimate of drug-likeness (QED) is 0.410. The third-order valence-corrected chi connectivity index (χ3v) is 5.40. The lowest BCUT2D eigenvalue weighted by atomic mass is 10.3. The number of rotatable bonds is 7. The van der Waals surface area contributed by atoms with Gasteiger partial charge in [0, 0.05) is 26.2 Å². The van der Waals surface area contributed by atoms with E-state index in [0.29, 0.717) is 18.1 Å². The van der Waals surface area contributed by atoms with E-state index in [9.17, 15) is 8.42 Å². The second kappa shape index (κ2) is 8.15. The molecule has 0 unspecified atom stereocenters. The lowest BCUT2D eigenvalue weighted by molar-refractivity contribution is -0.680. The molecule has 1 heterocycles. The molecule has 0 saturated carbocycles. The minimum Gasteiger partial charge on any atom is -0.378 e. The van der Waals surface area contributed by atoms with Crippen molar-refractivity contribution in [1.82, 2.24) is 0 Å². The Morgan fingerprint density at radius 2 is 1.92 bits per heavy atom. The molecule has 0 fully saturated rings. The van der Waals surface area contributed by atoms with Gasteiger partial charge in [-0.05, 0) is 56.6 Å². The van der Waals surface area contributed by atoms with E-state index in [1.165, 1.54) is 11.3 Å². The molecule has 0 aliphatic heterocycles. The maximum Gasteiger partial charge on any atom is 0.409 e. The predicted octanol–water partition coefficient (Wildman–Crippen LogP) is 3.56. The van der Waals surface area contributed by atoms with Gasteiger partial charge in [0.1, 0.15) is 15.7 Å². The van der Waals surface area contributed by atoms with Crippen molar-refractivity contribution in [2.75, 3.05) is 24.7 Å². The summed E-state index contributed by atoms with van der Waals surface area (Å²) in [5.74, 6) is -0.282. The van der Waals surface area contributed by atoms with Crippen molar-refractivity contribution < 1.29 is 17.5 Å². The summed E-state index contributed by atoms with van der Waals surface area (Å²) in [7, 11) is -0.0115. The molecule has 1 aromatic heterocycles. The van der Waals surface area contributed by atoms with Crippen molar-refractivity contribution in [3.05, 3.63) is 34.2 Å². The number of azo groups is 1. The molecule has 0 aliphatic rings. The molecule has 0 saturated heterocycles. The molecule has 0 radical (unpaired) electrons. The zero-order valence-corrected chi connectivity index (χ0v) is 16.5. The number of halogens is 1. The van der Waals surface area contributed by atoms with Crippen LogP contribution in [0.15, 0.2) is 44.5 Å². The highest BCUT2D eigenvalue weighted by atomic mass is 79.9. The van der Waals surface area contributed by atoms with Crippen LogP contribution in [0.5, 0.6) is 0 Å². The average molecular weight is 434 g/mol. The first kappa shape index (κ1) is 19.0. The first-order valence-electron chi connectivity index (χ1n) is 7.08. The Bertz CT molecular complexity index is 817. The number of hydrogen-bond donors (Lipinski definition) is 1. The largest absolute Gasteiger partial charge is 0.409 e. The van der Waals surface area contributed by atoms with E-state index in [-0.39, 0.29) is 5.75 Å².